The summed E-state index contributed by atoms with van der Waals surface area (Å²) >= 11 is 11.8. The fourth-order valence-corrected chi connectivity index (χ4v) is 2.06. The van der Waals surface area contributed by atoms with Crippen LogP contribution in [0.2, 0.25) is 10.4 Å². The average Bonchev–Trinajstić information content (AvgIpc) is 2.36. The van der Waals surface area contributed by atoms with Crippen LogP contribution in [0.1, 0.15) is 12.5 Å². The second-order valence-corrected chi connectivity index (χ2v) is 4.42. The van der Waals surface area contributed by atoms with Gasteiger partial charge < -0.3 is 4.90 Å². The lowest BCUT2D eigenvalue weighted by Gasteiger charge is -2.24. The molecule has 0 amide bonds. The van der Waals surface area contributed by atoms with Gasteiger partial charge in [-0.3, -0.25) is 0 Å². The zero-order valence-corrected chi connectivity index (χ0v) is 11.6. The van der Waals surface area contributed by atoms with E-state index in [1.165, 1.54) is 0 Å². The highest BCUT2D eigenvalue weighted by molar-refractivity contribution is 6.32. The predicted octanol–water partition coefficient (Wildman–Crippen LogP) is 3.64. The molecule has 94 valence electrons. The van der Waals surface area contributed by atoms with E-state index in [-0.39, 0.29) is 10.4 Å². The van der Waals surface area contributed by atoms with Crippen LogP contribution in [0.4, 0.5) is 11.5 Å². The summed E-state index contributed by atoms with van der Waals surface area (Å²) in [7, 11) is 0. The molecule has 18 heavy (non-hydrogen) atoms. The van der Waals surface area contributed by atoms with E-state index in [0.717, 1.165) is 11.3 Å². The summed E-state index contributed by atoms with van der Waals surface area (Å²) in [6.45, 7) is 4.75. The zero-order valence-electron chi connectivity index (χ0n) is 10.1. The van der Waals surface area contributed by atoms with Crippen molar-refractivity contribution in [1.82, 2.24) is 15.2 Å². The van der Waals surface area contributed by atoms with Crippen LogP contribution in [-0.4, -0.2) is 21.7 Å². The van der Waals surface area contributed by atoms with Crippen molar-refractivity contribution in [2.24, 2.45) is 0 Å². The Balaban J connectivity index is 2.52. The molecule has 0 bridgehead atoms. The molecule has 0 aliphatic heterocycles. The van der Waals surface area contributed by atoms with E-state index in [1.54, 1.807) is 0 Å². The Kier molecular flexibility index (Phi) is 3.99. The second kappa shape index (κ2) is 5.50. The topological polar surface area (TPSA) is 41.9 Å². The van der Waals surface area contributed by atoms with Crippen molar-refractivity contribution in [2.45, 2.75) is 13.8 Å². The second-order valence-electron chi connectivity index (χ2n) is 3.73. The van der Waals surface area contributed by atoms with E-state index in [0.29, 0.717) is 12.4 Å². The number of nitrogens with zero attached hydrogens (tertiary/aromatic N) is 4. The van der Waals surface area contributed by atoms with Gasteiger partial charge in [-0.25, -0.2) is 0 Å². The van der Waals surface area contributed by atoms with E-state index >= 15 is 0 Å². The fraction of sp³-hybridized carbons (Fsp3) is 0.250. The third kappa shape index (κ3) is 2.54. The Labute approximate surface area is 116 Å². The molecule has 4 nitrogen and oxygen atoms in total. The lowest BCUT2D eigenvalue weighted by molar-refractivity contribution is 0.913. The Morgan fingerprint density at radius 1 is 1.17 bits per heavy atom. The van der Waals surface area contributed by atoms with Gasteiger partial charge in [-0.15, -0.1) is 10.2 Å². The van der Waals surface area contributed by atoms with Gasteiger partial charge in [-0.05, 0) is 37.1 Å². The first kappa shape index (κ1) is 13.1. The van der Waals surface area contributed by atoms with Crippen LogP contribution >= 0.6 is 23.2 Å². The molecule has 0 atom stereocenters. The van der Waals surface area contributed by atoms with Gasteiger partial charge >= 0.3 is 0 Å². The summed E-state index contributed by atoms with van der Waals surface area (Å²) in [5.74, 6) is 0.522. The van der Waals surface area contributed by atoms with Gasteiger partial charge in [0.05, 0.1) is 0 Å². The van der Waals surface area contributed by atoms with Crippen LogP contribution in [0.25, 0.3) is 0 Å². The highest BCUT2D eigenvalue weighted by Gasteiger charge is 2.16. The molecule has 0 spiro atoms. The van der Waals surface area contributed by atoms with Crippen LogP contribution in [0.5, 0.6) is 0 Å². The number of hydrogen-bond acceptors (Lipinski definition) is 4. The molecular weight excluding hydrogens is 271 g/mol. The number of aromatic nitrogens is 3. The van der Waals surface area contributed by atoms with Crippen LogP contribution in [-0.2, 0) is 0 Å². The van der Waals surface area contributed by atoms with Crippen molar-refractivity contribution in [1.29, 1.82) is 0 Å². The van der Waals surface area contributed by atoms with Gasteiger partial charge in [0, 0.05) is 12.2 Å². The highest BCUT2D eigenvalue weighted by Crippen LogP contribution is 2.30. The zero-order chi connectivity index (χ0) is 13.1. The van der Waals surface area contributed by atoms with Crippen molar-refractivity contribution in [3.63, 3.8) is 0 Å². The quantitative estimate of drug-likeness (QED) is 0.862. The van der Waals surface area contributed by atoms with E-state index in [2.05, 4.69) is 15.2 Å². The summed E-state index contributed by atoms with van der Waals surface area (Å²) in [6.07, 6.45) is 0. The number of hydrogen-bond donors (Lipinski definition) is 0. The van der Waals surface area contributed by atoms with Gasteiger partial charge in [0.1, 0.15) is 0 Å². The number of halogens is 2. The van der Waals surface area contributed by atoms with E-state index in [1.807, 2.05) is 43.0 Å². The highest BCUT2D eigenvalue weighted by atomic mass is 35.5. The summed E-state index contributed by atoms with van der Waals surface area (Å²) < 4.78 is 0. The normalized spacial score (nSPS) is 10.4. The molecule has 1 heterocycles. The van der Waals surface area contributed by atoms with Gasteiger partial charge in [0.15, 0.2) is 11.0 Å². The van der Waals surface area contributed by atoms with Crippen molar-refractivity contribution in [2.75, 3.05) is 11.4 Å². The lowest BCUT2D eigenvalue weighted by Crippen LogP contribution is -2.19. The van der Waals surface area contributed by atoms with E-state index in [4.69, 9.17) is 23.2 Å². The number of anilines is 2. The maximum absolute atomic E-state index is 6.04. The summed E-state index contributed by atoms with van der Waals surface area (Å²) in [5, 5.41) is 7.72. The summed E-state index contributed by atoms with van der Waals surface area (Å²) in [6, 6.07) is 7.99. The molecule has 0 aliphatic rings. The van der Waals surface area contributed by atoms with Crippen LogP contribution < -0.4 is 4.90 Å². The summed E-state index contributed by atoms with van der Waals surface area (Å²) in [5.41, 5.74) is 2.16. The molecule has 0 N–H and O–H groups in total. The number of para-hydroxylation sites is 1. The average molecular weight is 283 g/mol. The Morgan fingerprint density at radius 2 is 1.89 bits per heavy atom. The Bertz CT molecular complexity index is 560. The van der Waals surface area contributed by atoms with Crippen molar-refractivity contribution < 1.29 is 0 Å². The maximum atomic E-state index is 6.04. The molecule has 1 aromatic heterocycles. The first-order chi connectivity index (χ1) is 8.63. The smallest absolute Gasteiger partial charge is 0.245 e. The molecule has 0 fully saturated rings. The molecule has 0 unspecified atom stereocenters. The number of benzene rings is 1. The molecule has 0 saturated heterocycles. The maximum Gasteiger partial charge on any atom is 0.245 e. The van der Waals surface area contributed by atoms with Crippen molar-refractivity contribution in [3.8, 4) is 0 Å². The molecule has 2 rings (SSSR count). The van der Waals surface area contributed by atoms with Crippen LogP contribution in [0.15, 0.2) is 24.3 Å². The van der Waals surface area contributed by atoms with E-state index < -0.39 is 0 Å². The third-order valence-corrected chi connectivity index (χ3v) is 2.99. The van der Waals surface area contributed by atoms with Gasteiger partial charge in [-0.2, -0.15) is 4.98 Å². The predicted molar refractivity (Wildman–Crippen MR) is 73.7 cm³/mol. The largest absolute Gasteiger partial charge is 0.324 e. The number of aryl methyl sites for hydroxylation is 1. The first-order valence-corrected chi connectivity index (χ1v) is 6.28. The molecule has 0 radical (unpaired) electrons. The van der Waals surface area contributed by atoms with Crippen LogP contribution in [0, 0.1) is 6.92 Å². The van der Waals surface area contributed by atoms with Crippen molar-refractivity contribution in [3.05, 3.63) is 40.3 Å². The van der Waals surface area contributed by atoms with Gasteiger partial charge in [0.25, 0.3) is 0 Å². The van der Waals surface area contributed by atoms with Gasteiger partial charge in [0.2, 0.25) is 5.28 Å². The first-order valence-electron chi connectivity index (χ1n) is 5.52. The Morgan fingerprint density at radius 3 is 2.56 bits per heavy atom. The molecular formula is C12H12Cl2N4. The molecule has 0 aliphatic carbocycles. The minimum Gasteiger partial charge on any atom is -0.324 e. The standard InChI is InChI=1S/C12H12Cl2N4/c1-3-18(9-7-5-4-6-8(9)2)11-10(13)16-17-12(14)15-11/h4-7H,3H2,1-2H3. The SMILES string of the molecule is CCN(c1ccccc1C)c1nc(Cl)nnc1Cl. The van der Waals surface area contributed by atoms with Gasteiger partial charge in [-0.1, -0.05) is 29.8 Å². The lowest BCUT2D eigenvalue weighted by atomic mass is 10.2. The molecule has 0 saturated carbocycles. The summed E-state index contributed by atoms with van der Waals surface area (Å²) in [4.78, 5) is 6.10. The molecule has 2 aromatic rings. The minimum absolute atomic E-state index is 0.0847. The Hall–Kier alpha value is -1.39. The monoisotopic (exact) mass is 282 g/mol. The fourth-order valence-electron chi connectivity index (χ4n) is 1.76. The van der Waals surface area contributed by atoms with Crippen LogP contribution in [0.3, 0.4) is 0 Å². The molecule has 6 heteroatoms. The molecule has 1 aromatic carbocycles. The van der Waals surface area contributed by atoms with Crippen molar-refractivity contribution >= 4 is 34.7 Å². The van der Waals surface area contributed by atoms with E-state index in [9.17, 15) is 0 Å². The minimum atomic E-state index is 0.0847. The number of rotatable bonds is 3. The third-order valence-electron chi connectivity index (χ3n) is 2.58.